The number of rotatable bonds is 6. The van der Waals surface area contributed by atoms with E-state index in [1.54, 1.807) is 0 Å². The molecule has 0 spiro atoms. The third-order valence-corrected chi connectivity index (χ3v) is 6.86. The molecule has 0 radical (unpaired) electrons. The normalized spacial score (nSPS) is 32.2. The first-order valence-corrected chi connectivity index (χ1v) is 10.2. The highest BCUT2D eigenvalue weighted by atomic mass is 16.1. The van der Waals surface area contributed by atoms with Crippen molar-refractivity contribution >= 4 is 16.8 Å². The van der Waals surface area contributed by atoms with Gasteiger partial charge in [0.2, 0.25) is 0 Å². The van der Waals surface area contributed by atoms with E-state index in [2.05, 4.69) is 20.8 Å². The van der Waals surface area contributed by atoms with Gasteiger partial charge >= 0.3 is 0 Å². The average molecular weight is 352 g/mol. The molecule has 1 amide bonds. The van der Waals surface area contributed by atoms with E-state index in [1.165, 1.54) is 38.5 Å². The van der Waals surface area contributed by atoms with Gasteiger partial charge in [-0.1, -0.05) is 18.2 Å². The molecule has 4 saturated carbocycles. The molecule has 0 unspecified atom stereocenters. The highest BCUT2D eigenvalue weighted by Gasteiger charge is 2.50. The number of aromatic nitrogens is 2. The van der Waals surface area contributed by atoms with Crippen LogP contribution in [0.15, 0.2) is 24.3 Å². The van der Waals surface area contributed by atoms with Gasteiger partial charge in [0.1, 0.15) is 0 Å². The van der Waals surface area contributed by atoms with Crippen molar-refractivity contribution in [2.45, 2.75) is 50.5 Å². The first-order chi connectivity index (χ1) is 12.7. The largest absolute Gasteiger partial charge is 0.351 e. The van der Waals surface area contributed by atoms with Crippen LogP contribution < -0.4 is 10.6 Å². The van der Waals surface area contributed by atoms with E-state index in [9.17, 15) is 4.79 Å². The molecule has 3 N–H and O–H groups in total. The van der Waals surface area contributed by atoms with Crippen molar-refractivity contribution in [3.63, 3.8) is 0 Å². The second kappa shape index (κ2) is 6.38. The lowest BCUT2D eigenvalue weighted by molar-refractivity contribution is -0.0195. The van der Waals surface area contributed by atoms with Gasteiger partial charge < -0.3 is 10.6 Å². The molecule has 4 aliphatic rings. The summed E-state index contributed by atoms with van der Waals surface area (Å²) >= 11 is 0. The van der Waals surface area contributed by atoms with Crippen LogP contribution in [0, 0.1) is 17.8 Å². The molecule has 0 aliphatic heterocycles. The van der Waals surface area contributed by atoms with Crippen LogP contribution in [-0.4, -0.2) is 34.7 Å². The quantitative estimate of drug-likeness (QED) is 0.699. The fraction of sp³-hybridized carbons (Fsp3) is 0.619. The molecule has 0 saturated heterocycles. The zero-order valence-electron chi connectivity index (χ0n) is 15.3. The SMILES string of the molecule is O=C(NCCCNC12CC3CC(CC(C3)C1)C2)c1n[nH]c2ccccc12. The Morgan fingerprint density at radius 1 is 1.08 bits per heavy atom. The van der Waals surface area contributed by atoms with Crippen molar-refractivity contribution in [1.82, 2.24) is 20.8 Å². The lowest BCUT2D eigenvalue weighted by Gasteiger charge is -2.57. The maximum Gasteiger partial charge on any atom is 0.272 e. The van der Waals surface area contributed by atoms with Gasteiger partial charge in [-0.3, -0.25) is 9.89 Å². The predicted octanol–water partition coefficient (Wildman–Crippen LogP) is 3.24. The Balaban J connectivity index is 1.11. The number of nitrogens with one attached hydrogen (secondary N) is 3. The molecule has 5 nitrogen and oxygen atoms in total. The van der Waals surface area contributed by atoms with Gasteiger partial charge in [0.25, 0.3) is 5.91 Å². The molecule has 1 aromatic carbocycles. The van der Waals surface area contributed by atoms with E-state index in [1.807, 2.05) is 24.3 Å². The molecule has 1 aromatic heterocycles. The summed E-state index contributed by atoms with van der Waals surface area (Å²) in [5, 5.41) is 14.9. The molecule has 0 atom stereocenters. The zero-order chi connectivity index (χ0) is 17.6. The number of benzene rings is 1. The molecule has 4 fully saturated rings. The van der Waals surface area contributed by atoms with Crippen molar-refractivity contribution in [1.29, 1.82) is 0 Å². The standard InChI is InChI=1S/C21H28N4O/c26-20(19-17-4-1-2-5-18(17)24-25-19)22-6-3-7-23-21-11-14-8-15(12-21)10-16(9-14)13-21/h1-2,4-5,14-16,23H,3,6-13H2,(H,22,26)(H,24,25). The number of carbonyl (C=O) groups is 1. The number of carbonyl (C=O) groups excluding carboxylic acids is 1. The fourth-order valence-electron chi connectivity index (χ4n) is 6.19. The topological polar surface area (TPSA) is 69.8 Å². The third kappa shape index (κ3) is 2.92. The molecule has 26 heavy (non-hydrogen) atoms. The van der Waals surface area contributed by atoms with Crippen molar-refractivity contribution in [2.24, 2.45) is 17.8 Å². The van der Waals surface area contributed by atoms with Crippen LogP contribution in [0.1, 0.15) is 55.4 Å². The highest BCUT2D eigenvalue weighted by molar-refractivity contribution is 6.04. The molecule has 138 valence electrons. The molecule has 1 heterocycles. The summed E-state index contributed by atoms with van der Waals surface area (Å²) in [7, 11) is 0. The Hall–Kier alpha value is -1.88. The van der Waals surface area contributed by atoms with Gasteiger partial charge in [0.15, 0.2) is 5.69 Å². The lowest BCUT2D eigenvalue weighted by atomic mass is 9.53. The first-order valence-electron chi connectivity index (χ1n) is 10.2. The van der Waals surface area contributed by atoms with Crippen LogP contribution >= 0.6 is 0 Å². The smallest absolute Gasteiger partial charge is 0.272 e. The summed E-state index contributed by atoms with van der Waals surface area (Å²) in [4.78, 5) is 12.4. The minimum Gasteiger partial charge on any atom is -0.351 e. The average Bonchev–Trinajstić information content (AvgIpc) is 3.04. The molecule has 2 aromatic rings. The number of hydrogen-bond donors (Lipinski definition) is 3. The number of H-pyrrole nitrogens is 1. The Kier molecular flexibility index (Phi) is 4.00. The van der Waals surface area contributed by atoms with Gasteiger partial charge in [-0.05, 0) is 75.3 Å². The minimum atomic E-state index is -0.0859. The molecule has 5 heteroatoms. The zero-order valence-corrected chi connectivity index (χ0v) is 15.3. The number of para-hydroxylation sites is 1. The summed E-state index contributed by atoms with van der Waals surface area (Å²) in [6, 6.07) is 7.75. The number of hydrogen-bond acceptors (Lipinski definition) is 3. The van der Waals surface area contributed by atoms with Crippen LogP contribution in [0.5, 0.6) is 0 Å². The van der Waals surface area contributed by atoms with E-state index in [-0.39, 0.29) is 5.91 Å². The van der Waals surface area contributed by atoms with Crippen molar-refractivity contribution in [2.75, 3.05) is 13.1 Å². The molecular weight excluding hydrogens is 324 g/mol. The molecule has 4 bridgehead atoms. The van der Waals surface area contributed by atoms with Crippen LogP contribution in [0.25, 0.3) is 10.9 Å². The van der Waals surface area contributed by atoms with Gasteiger partial charge in [-0.15, -0.1) is 0 Å². The second-order valence-electron chi connectivity index (χ2n) is 8.85. The third-order valence-electron chi connectivity index (χ3n) is 6.86. The van der Waals surface area contributed by atoms with E-state index in [0.717, 1.165) is 41.6 Å². The van der Waals surface area contributed by atoms with E-state index in [0.29, 0.717) is 17.8 Å². The molecule has 4 aliphatic carbocycles. The maximum atomic E-state index is 12.4. The Morgan fingerprint density at radius 2 is 1.77 bits per heavy atom. The molecular formula is C21H28N4O. The van der Waals surface area contributed by atoms with Gasteiger partial charge in [0, 0.05) is 17.5 Å². The summed E-state index contributed by atoms with van der Waals surface area (Å²) in [5.41, 5.74) is 1.81. The summed E-state index contributed by atoms with van der Waals surface area (Å²) in [6.07, 6.45) is 9.55. The highest BCUT2D eigenvalue weighted by Crippen LogP contribution is 2.55. The summed E-state index contributed by atoms with van der Waals surface area (Å²) in [6.45, 7) is 1.69. The van der Waals surface area contributed by atoms with Gasteiger partial charge in [0.05, 0.1) is 5.52 Å². The van der Waals surface area contributed by atoms with E-state index in [4.69, 9.17) is 0 Å². The fourth-order valence-corrected chi connectivity index (χ4v) is 6.19. The summed E-state index contributed by atoms with van der Waals surface area (Å²) < 4.78 is 0. The maximum absolute atomic E-state index is 12.4. The van der Waals surface area contributed by atoms with Gasteiger partial charge in [-0.2, -0.15) is 5.10 Å². The monoisotopic (exact) mass is 352 g/mol. The number of aromatic amines is 1. The number of fused-ring (bicyclic) bond motifs is 1. The lowest BCUT2D eigenvalue weighted by Crippen LogP contribution is -2.58. The van der Waals surface area contributed by atoms with Crippen molar-refractivity contribution < 1.29 is 4.79 Å². The first kappa shape index (κ1) is 16.3. The number of amides is 1. The van der Waals surface area contributed by atoms with Crippen LogP contribution in [-0.2, 0) is 0 Å². The Morgan fingerprint density at radius 3 is 2.50 bits per heavy atom. The minimum absolute atomic E-state index is 0.0859. The van der Waals surface area contributed by atoms with Crippen molar-refractivity contribution in [3.8, 4) is 0 Å². The number of nitrogens with zero attached hydrogens (tertiary/aromatic N) is 1. The second-order valence-corrected chi connectivity index (χ2v) is 8.85. The Labute approximate surface area is 154 Å². The van der Waals surface area contributed by atoms with E-state index >= 15 is 0 Å². The van der Waals surface area contributed by atoms with Crippen LogP contribution in [0.2, 0.25) is 0 Å². The van der Waals surface area contributed by atoms with Crippen LogP contribution in [0.3, 0.4) is 0 Å². The van der Waals surface area contributed by atoms with Crippen molar-refractivity contribution in [3.05, 3.63) is 30.0 Å². The van der Waals surface area contributed by atoms with E-state index < -0.39 is 0 Å². The van der Waals surface area contributed by atoms with Gasteiger partial charge in [-0.25, -0.2) is 0 Å². The predicted molar refractivity (Wildman–Crippen MR) is 102 cm³/mol. The summed E-state index contributed by atoms with van der Waals surface area (Å²) in [5.74, 6) is 2.83. The Bertz CT molecular complexity index is 776. The van der Waals surface area contributed by atoms with Crippen LogP contribution in [0.4, 0.5) is 0 Å². The molecule has 6 rings (SSSR count).